The van der Waals surface area contributed by atoms with Gasteiger partial charge in [0.15, 0.2) is 0 Å². The summed E-state index contributed by atoms with van der Waals surface area (Å²) in [7, 11) is 0. The zero-order valence-corrected chi connectivity index (χ0v) is 9.82. The Labute approximate surface area is 107 Å². The van der Waals surface area contributed by atoms with Crippen molar-refractivity contribution in [2.24, 2.45) is 0 Å². The fourth-order valence-corrected chi connectivity index (χ4v) is 1.64. The first-order valence-corrected chi connectivity index (χ1v) is 5.29. The number of nitrogens with zero attached hydrogens (tertiary/aromatic N) is 2. The number of rotatable bonds is 2. The van der Waals surface area contributed by atoms with Gasteiger partial charge in [-0.05, 0) is 18.2 Å². The summed E-state index contributed by atoms with van der Waals surface area (Å²) in [4.78, 5) is 11.9. The maximum Gasteiger partial charge on any atom is 0.258 e. The molecular weight excluding hydrogens is 254 g/mol. The lowest BCUT2D eigenvalue weighted by Gasteiger charge is -2.05. The second-order valence-corrected chi connectivity index (χ2v) is 3.87. The molecule has 4 N–H and O–H groups in total. The molecule has 1 amide bonds. The van der Waals surface area contributed by atoms with Crippen LogP contribution in [0.3, 0.4) is 0 Å². The molecule has 0 fully saturated rings. The molecule has 1 heterocycles. The maximum absolute atomic E-state index is 11.9. The molecule has 0 saturated carbocycles. The quantitative estimate of drug-likeness (QED) is 0.716. The Hall–Kier alpha value is -2.52. The van der Waals surface area contributed by atoms with Gasteiger partial charge in [-0.25, -0.2) is 0 Å². The summed E-state index contributed by atoms with van der Waals surface area (Å²) in [5, 5.41) is 17.7. The number of H-pyrrole nitrogens is 1. The van der Waals surface area contributed by atoms with Crippen molar-refractivity contribution in [3.63, 3.8) is 0 Å². The normalized spacial score (nSPS) is 9.78. The van der Waals surface area contributed by atoms with E-state index >= 15 is 0 Å². The van der Waals surface area contributed by atoms with Gasteiger partial charge in [0, 0.05) is 5.69 Å². The van der Waals surface area contributed by atoms with Crippen LogP contribution in [0.1, 0.15) is 15.9 Å². The van der Waals surface area contributed by atoms with Crippen molar-refractivity contribution < 1.29 is 4.79 Å². The van der Waals surface area contributed by atoms with E-state index in [1.165, 1.54) is 18.3 Å². The number of benzene rings is 1. The Balaban J connectivity index is 2.25. The molecule has 0 aliphatic carbocycles. The van der Waals surface area contributed by atoms with Crippen LogP contribution in [-0.4, -0.2) is 16.1 Å². The molecule has 2 aromatic rings. The van der Waals surface area contributed by atoms with Crippen LogP contribution in [0.5, 0.6) is 0 Å². The average molecular weight is 262 g/mol. The lowest BCUT2D eigenvalue weighted by Crippen LogP contribution is -2.13. The Morgan fingerprint density at radius 2 is 2.33 bits per heavy atom. The highest BCUT2D eigenvalue weighted by atomic mass is 35.5. The lowest BCUT2D eigenvalue weighted by atomic mass is 10.2. The molecule has 7 heteroatoms. The number of carbonyl (C=O) groups excluding carboxylic acids is 1. The Morgan fingerprint density at radius 1 is 1.56 bits per heavy atom. The van der Waals surface area contributed by atoms with Crippen LogP contribution in [0.4, 0.5) is 11.5 Å². The maximum atomic E-state index is 11.9. The van der Waals surface area contributed by atoms with Gasteiger partial charge in [0.1, 0.15) is 17.5 Å². The van der Waals surface area contributed by atoms with Crippen molar-refractivity contribution >= 4 is 29.0 Å². The van der Waals surface area contributed by atoms with Crippen molar-refractivity contribution in [1.29, 1.82) is 5.26 Å². The molecule has 0 unspecified atom stereocenters. The first-order valence-electron chi connectivity index (χ1n) is 4.91. The highest BCUT2D eigenvalue weighted by molar-refractivity contribution is 6.34. The topological polar surface area (TPSA) is 108 Å². The monoisotopic (exact) mass is 261 g/mol. The number of amides is 1. The highest BCUT2D eigenvalue weighted by Crippen LogP contribution is 2.20. The van der Waals surface area contributed by atoms with E-state index in [-0.39, 0.29) is 22.0 Å². The van der Waals surface area contributed by atoms with Crippen molar-refractivity contribution in [2.45, 2.75) is 0 Å². The first-order chi connectivity index (χ1) is 8.61. The van der Waals surface area contributed by atoms with Crippen LogP contribution in [0, 0.1) is 11.3 Å². The number of nitrogen functional groups attached to an aromatic ring is 1. The van der Waals surface area contributed by atoms with Gasteiger partial charge in [-0.2, -0.15) is 10.4 Å². The highest BCUT2D eigenvalue weighted by Gasteiger charge is 2.13. The Morgan fingerprint density at radius 3 is 3.00 bits per heavy atom. The van der Waals surface area contributed by atoms with Crippen LogP contribution in [-0.2, 0) is 0 Å². The number of nitriles is 1. The van der Waals surface area contributed by atoms with Gasteiger partial charge in [-0.15, -0.1) is 0 Å². The fourth-order valence-electron chi connectivity index (χ4n) is 1.36. The van der Waals surface area contributed by atoms with Crippen molar-refractivity contribution in [3.05, 3.63) is 40.5 Å². The molecule has 1 aromatic heterocycles. The third-order valence-electron chi connectivity index (χ3n) is 2.24. The van der Waals surface area contributed by atoms with E-state index in [9.17, 15) is 4.79 Å². The molecule has 0 aliphatic rings. The summed E-state index contributed by atoms with van der Waals surface area (Å²) in [5.74, 6) is -0.212. The predicted octanol–water partition coefficient (Wildman–Crippen LogP) is 1.77. The number of anilines is 2. The number of aromatic amines is 1. The predicted molar refractivity (Wildman–Crippen MR) is 67.1 cm³/mol. The van der Waals surface area contributed by atoms with Crippen LogP contribution in [0.2, 0.25) is 5.02 Å². The molecule has 0 atom stereocenters. The molecule has 0 spiro atoms. The van der Waals surface area contributed by atoms with Gasteiger partial charge in [0.25, 0.3) is 5.91 Å². The largest absolute Gasteiger partial charge is 0.399 e. The van der Waals surface area contributed by atoms with E-state index in [1.807, 2.05) is 6.07 Å². The van der Waals surface area contributed by atoms with Gasteiger partial charge in [-0.1, -0.05) is 11.6 Å². The summed E-state index contributed by atoms with van der Waals surface area (Å²) in [6.45, 7) is 0. The zero-order chi connectivity index (χ0) is 13.1. The standard InChI is InChI=1S/C11H8ClN5O/c12-9-3-7(14)1-2-8(9)11(18)16-10-6(4-13)5-15-17-10/h1-3,5H,14H2,(H2,15,16,17,18). The third-order valence-corrected chi connectivity index (χ3v) is 2.55. The van der Waals surface area contributed by atoms with Gasteiger partial charge >= 0.3 is 0 Å². The smallest absolute Gasteiger partial charge is 0.258 e. The second kappa shape index (κ2) is 4.77. The molecule has 0 radical (unpaired) electrons. The number of nitrogens with one attached hydrogen (secondary N) is 2. The number of nitrogens with two attached hydrogens (primary N) is 1. The first kappa shape index (κ1) is 12.0. The van der Waals surface area contributed by atoms with E-state index in [1.54, 1.807) is 6.07 Å². The Kier molecular flexibility index (Phi) is 3.17. The zero-order valence-electron chi connectivity index (χ0n) is 9.07. The van der Waals surface area contributed by atoms with Crippen LogP contribution in [0.25, 0.3) is 0 Å². The van der Waals surface area contributed by atoms with E-state index in [4.69, 9.17) is 22.6 Å². The number of carbonyl (C=O) groups is 1. The van der Waals surface area contributed by atoms with Crippen molar-refractivity contribution in [3.8, 4) is 6.07 Å². The van der Waals surface area contributed by atoms with Gasteiger partial charge in [-0.3, -0.25) is 9.89 Å². The van der Waals surface area contributed by atoms with Crippen LogP contribution >= 0.6 is 11.6 Å². The summed E-state index contributed by atoms with van der Waals surface area (Å²) < 4.78 is 0. The summed E-state index contributed by atoms with van der Waals surface area (Å²) in [6.07, 6.45) is 1.32. The third kappa shape index (κ3) is 2.26. The Bertz CT molecular complexity index is 643. The minimum atomic E-state index is -0.444. The van der Waals surface area contributed by atoms with E-state index in [0.717, 1.165) is 0 Å². The number of halogens is 1. The minimum Gasteiger partial charge on any atom is -0.399 e. The van der Waals surface area contributed by atoms with Crippen LogP contribution < -0.4 is 11.1 Å². The summed E-state index contributed by atoms with van der Waals surface area (Å²) in [6, 6.07) is 6.45. The molecule has 1 aromatic carbocycles. The summed E-state index contributed by atoms with van der Waals surface area (Å²) in [5.41, 5.74) is 6.52. The van der Waals surface area contributed by atoms with E-state index in [2.05, 4.69) is 15.5 Å². The molecule has 90 valence electrons. The SMILES string of the molecule is N#Cc1cn[nH]c1NC(=O)c1ccc(N)cc1Cl. The fraction of sp³-hybridized carbons (Fsp3) is 0. The van der Waals surface area contributed by atoms with Gasteiger partial charge in [0.05, 0.1) is 16.8 Å². The van der Waals surface area contributed by atoms with Crippen molar-refractivity contribution in [1.82, 2.24) is 10.2 Å². The van der Waals surface area contributed by atoms with Gasteiger partial charge in [0.2, 0.25) is 0 Å². The molecule has 0 bridgehead atoms. The number of aromatic nitrogens is 2. The van der Waals surface area contributed by atoms with Crippen molar-refractivity contribution in [2.75, 3.05) is 11.1 Å². The lowest BCUT2D eigenvalue weighted by molar-refractivity contribution is 0.102. The molecule has 0 saturated heterocycles. The number of hydrogen-bond acceptors (Lipinski definition) is 4. The van der Waals surface area contributed by atoms with Crippen LogP contribution in [0.15, 0.2) is 24.4 Å². The second-order valence-electron chi connectivity index (χ2n) is 3.46. The molecule has 2 rings (SSSR count). The number of hydrogen-bond donors (Lipinski definition) is 3. The van der Waals surface area contributed by atoms with E-state index in [0.29, 0.717) is 5.69 Å². The molecule has 18 heavy (non-hydrogen) atoms. The van der Waals surface area contributed by atoms with Gasteiger partial charge < -0.3 is 11.1 Å². The minimum absolute atomic E-state index is 0.232. The summed E-state index contributed by atoms with van der Waals surface area (Å²) >= 11 is 5.91. The molecule has 0 aliphatic heterocycles. The van der Waals surface area contributed by atoms with E-state index < -0.39 is 5.91 Å². The molecule has 6 nitrogen and oxygen atoms in total. The average Bonchev–Trinajstić information content (AvgIpc) is 2.76. The molecular formula is C11H8ClN5O.